The molecule has 0 aromatic heterocycles. The number of carbonyl (C=O) groups is 3. The lowest BCUT2D eigenvalue weighted by molar-refractivity contribution is -0.142. The zero-order chi connectivity index (χ0) is 15.3. The van der Waals surface area contributed by atoms with Gasteiger partial charge in [0, 0.05) is 0 Å². The van der Waals surface area contributed by atoms with Gasteiger partial charge in [0.15, 0.2) is 0 Å². The molecule has 2 amide bonds. The van der Waals surface area contributed by atoms with Crippen molar-refractivity contribution in [2.45, 2.75) is 13.0 Å². The average Bonchev–Trinajstić information content (AvgIpc) is 2.39. The summed E-state index contributed by atoms with van der Waals surface area (Å²) in [6.07, 6.45) is 0. The van der Waals surface area contributed by atoms with Crippen LogP contribution in [0.15, 0.2) is 18.2 Å². The minimum absolute atomic E-state index is 0.0894. The number of hydrogen-bond acceptors (Lipinski definition) is 4. The van der Waals surface area contributed by atoms with Gasteiger partial charge in [-0.1, -0.05) is 0 Å². The second-order valence-corrected chi connectivity index (χ2v) is 3.84. The van der Waals surface area contributed by atoms with Gasteiger partial charge >= 0.3 is 18.0 Å². The molecule has 108 valence electrons. The molecule has 8 heteroatoms. The molecule has 0 fully saturated rings. The van der Waals surface area contributed by atoms with Gasteiger partial charge in [0.25, 0.3) is 0 Å². The predicted octanol–water partition coefficient (Wildman–Crippen LogP) is 1.21. The maximum absolute atomic E-state index is 13.0. The number of hydrogen-bond donors (Lipinski definition) is 3. The lowest BCUT2D eigenvalue weighted by Crippen LogP contribution is -2.41. The largest absolute Gasteiger partial charge is 0.478 e. The minimum Gasteiger partial charge on any atom is -0.478 e. The number of urea groups is 1. The van der Waals surface area contributed by atoms with E-state index in [2.05, 4.69) is 15.4 Å². The Morgan fingerprint density at radius 2 is 2.00 bits per heavy atom. The molecular formula is C12H13FN2O5. The maximum Gasteiger partial charge on any atom is 0.337 e. The molecule has 1 aromatic rings. The molecule has 1 rings (SSSR count). The molecular weight excluding hydrogens is 271 g/mol. The molecule has 0 aliphatic carbocycles. The first-order valence-corrected chi connectivity index (χ1v) is 5.53. The van der Waals surface area contributed by atoms with Gasteiger partial charge in [-0.05, 0) is 25.1 Å². The van der Waals surface area contributed by atoms with Crippen molar-refractivity contribution in [2.24, 2.45) is 0 Å². The topological polar surface area (TPSA) is 105 Å². The van der Waals surface area contributed by atoms with Crippen molar-refractivity contribution in [1.29, 1.82) is 0 Å². The van der Waals surface area contributed by atoms with Crippen LogP contribution in [0.25, 0.3) is 0 Å². The van der Waals surface area contributed by atoms with Gasteiger partial charge in [-0.3, -0.25) is 0 Å². The van der Waals surface area contributed by atoms with Crippen molar-refractivity contribution in [3.8, 4) is 0 Å². The third-order valence-electron chi connectivity index (χ3n) is 2.36. The molecule has 1 unspecified atom stereocenters. The highest BCUT2D eigenvalue weighted by Crippen LogP contribution is 2.17. The van der Waals surface area contributed by atoms with Crippen LogP contribution in [0.1, 0.15) is 17.3 Å². The SMILES string of the molecule is COC(=O)C(C)NC(=O)Nc1ccc(F)cc1C(=O)O. The Morgan fingerprint density at radius 1 is 1.35 bits per heavy atom. The lowest BCUT2D eigenvalue weighted by Gasteiger charge is -2.13. The molecule has 1 aromatic carbocycles. The second-order valence-electron chi connectivity index (χ2n) is 3.84. The van der Waals surface area contributed by atoms with Crippen LogP contribution in [-0.4, -0.2) is 36.2 Å². The summed E-state index contributed by atoms with van der Waals surface area (Å²) in [5.74, 6) is -2.78. The average molecular weight is 284 g/mol. The highest BCUT2D eigenvalue weighted by Gasteiger charge is 2.18. The van der Waals surface area contributed by atoms with Crippen molar-refractivity contribution in [3.63, 3.8) is 0 Å². The number of aromatic carboxylic acids is 1. The zero-order valence-corrected chi connectivity index (χ0v) is 10.8. The van der Waals surface area contributed by atoms with E-state index >= 15 is 0 Å². The van der Waals surface area contributed by atoms with Gasteiger partial charge in [-0.15, -0.1) is 0 Å². The first-order valence-electron chi connectivity index (χ1n) is 5.53. The minimum atomic E-state index is -1.39. The van der Waals surface area contributed by atoms with E-state index in [1.54, 1.807) is 0 Å². The van der Waals surface area contributed by atoms with Gasteiger partial charge < -0.3 is 20.5 Å². The van der Waals surface area contributed by atoms with Crippen LogP contribution in [0.5, 0.6) is 0 Å². The van der Waals surface area contributed by atoms with Crippen LogP contribution in [0.4, 0.5) is 14.9 Å². The lowest BCUT2D eigenvalue weighted by atomic mass is 10.1. The number of benzene rings is 1. The summed E-state index contributed by atoms with van der Waals surface area (Å²) in [6.45, 7) is 1.40. The predicted molar refractivity (Wildman–Crippen MR) is 67.0 cm³/mol. The fourth-order valence-corrected chi connectivity index (χ4v) is 1.39. The molecule has 3 N–H and O–H groups in total. The summed E-state index contributed by atoms with van der Waals surface area (Å²) in [5.41, 5.74) is -0.487. The summed E-state index contributed by atoms with van der Waals surface area (Å²) in [4.78, 5) is 33.6. The molecule has 0 aliphatic rings. The van der Waals surface area contributed by atoms with Gasteiger partial charge in [0.1, 0.15) is 11.9 Å². The number of rotatable bonds is 4. The van der Waals surface area contributed by atoms with Crippen LogP contribution in [0.3, 0.4) is 0 Å². The van der Waals surface area contributed by atoms with Crippen molar-refractivity contribution < 1.29 is 28.6 Å². The number of carboxylic acids is 1. The zero-order valence-electron chi connectivity index (χ0n) is 10.8. The number of anilines is 1. The normalized spacial score (nSPS) is 11.3. The van der Waals surface area contributed by atoms with E-state index in [-0.39, 0.29) is 5.69 Å². The quantitative estimate of drug-likeness (QED) is 0.721. The first kappa shape index (κ1) is 15.4. The standard InChI is InChI=1S/C12H13FN2O5/c1-6(11(18)20-2)14-12(19)15-9-4-3-7(13)5-8(9)10(16)17/h3-6H,1-2H3,(H,16,17)(H2,14,15,19). The van der Waals surface area contributed by atoms with E-state index in [0.29, 0.717) is 0 Å². The van der Waals surface area contributed by atoms with Crippen molar-refractivity contribution in [1.82, 2.24) is 5.32 Å². The maximum atomic E-state index is 13.0. The number of halogens is 1. The summed E-state index contributed by atoms with van der Waals surface area (Å²) in [6, 6.07) is 1.18. The number of amides is 2. The molecule has 7 nitrogen and oxygen atoms in total. The number of nitrogens with one attached hydrogen (secondary N) is 2. The van der Waals surface area contributed by atoms with E-state index in [1.165, 1.54) is 14.0 Å². The van der Waals surface area contributed by atoms with Crippen LogP contribution in [-0.2, 0) is 9.53 Å². The van der Waals surface area contributed by atoms with Crippen LogP contribution < -0.4 is 10.6 Å². The second kappa shape index (κ2) is 6.50. The van der Waals surface area contributed by atoms with E-state index in [9.17, 15) is 18.8 Å². The number of esters is 1. The Kier molecular flexibility index (Phi) is 5.01. The first-order chi connectivity index (χ1) is 9.35. The van der Waals surface area contributed by atoms with Crippen LogP contribution in [0, 0.1) is 5.82 Å². The van der Waals surface area contributed by atoms with Gasteiger partial charge in [0.05, 0.1) is 18.4 Å². The van der Waals surface area contributed by atoms with Crippen LogP contribution >= 0.6 is 0 Å². The fourth-order valence-electron chi connectivity index (χ4n) is 1.39. The monoisotopic (exact) mass is 284 g/mol. The van der Waals surface area contributed by atoms with Gasteiger partial charge in [-0.2, -0.15) is 0 Å². The summed E-state index contributed by atoms with van der Waals surface area (Å²) < 4.78 is 17.4. The molecule has 0 spiro atoms. The molecule has 0 saturated heterocycles. The number of carbonyl (C=O) groups excluding carboxylic acids is 2. The molecule has 0 bridgehead atoms. The van der Waals surface area contributed by atoms with E-state index in [0.717, 1.165) is 18.2 Å². The van der Waals surface area contributed by atoms with Crippen molar-refractivity contribution in [3.05, 3.63) is 29.6 Å². The third-order valence-corrected chi connectivity index (χ3v) is 2.36. The fraction of sp³-hybridized carbons (Fsp3) is 0.250. The van der Waals surface area contributed by atoms with E-state index < -0.39 is 35.4 Å². The number of methoxy groups -OCH3 is 1. The Bertz CT molecular complexity index is 547. The van der Waals surface area contributed by atoms with Crippen molar-refractivity contribution in [2.75, 3.05) is 12.4 Å². The molecule has 0 heterocycles. The summed E-state index contributed by atoms with van der Waals surface area (Å²) in [7, 11) is 1.17. The molecule has 1 atom stereocenters. The van der Waals surface area contributed by atoms with Gasteiger partial charge in [-0.25, -0.2) is 18.8 Å². The number of ether oxygens (including phenoxy) is 1. The highest BCUT2D eigenvalue weighted by molar-refractivity contribution is 6.00. The highest BCUT2D eigenvalue weighted by atomic mass is 19.1. The molecule has 20 heavy (non-hydrogen) atoms. The summed E-state index contributed by atoms with van der Waals surface area (Å²) >= 11 is 0. The third kappa shape index (κ3) is 3.94. The van der Waals surface area contributed by atoms with Crippen LogP contribution in [0.2, 0.25) is 0 Å². The smallest absolute Gasteiger partial charge is 0.337 e. The Hall–Kier alpha value is -2.64. The Balaban J connectivity index is 2.81. The molecule has 0 aliphatic heterocycles. The Labute approximate surface area is 113 Å². The number of carboxylic acid groups (broad SMARTS) is 1. The summed E-state index contributed by atoms with van der Waals surface area (Å²) in [5, 5.41) is 13.4. The van der Waals surface area contributed by atoms with E-state index in [4.69, 9.17) is 5.11 Å². The van der Waals surface area contributed by atoms with Crippen molar-refractivity contribution >= 4 is 23.7 Å². The molecule has 0 radical (unpaired) electrons. The van der Waals surface area contributed by atoms with Gasteiger partial charge in [0.2, 0.25) is 0 Å². The molecule has 0 saturated carbocycles. The Morgan fingerprint density at radius 3 is 2.55 bits per heavy atom. The van der Waals surface area contributed by atoms with E-state index in [1.807, 2.05) is 0 Å².